The number of hydrogen-bond donors (Lipinski definition) is 1. The maximum atomic E-state index is 13.0. The number of anilines is 1. The largest absolute Gasteiger partial charge is 0.433 e. The summed E-state index contributed by atoms with van der Waals surface area (Å²) in [4.78, 5) is 11.1. The molecule has 0 radical (unpaired) electrons. The van der Waals surface area contributed by atoms with Gasteiger partial charge in [0.2, 0.25) is 0 Å². The van der Waals surface area contributed by atoms with Crippen molar-refractivity contribution in [2.24, 2.45) is 13.0 Å². The Kier molecular flexibility index (Phi) is 5.45. The number of alkyl halides is 3. The highest BCUT2D eigenvalue weighted by Gasteiger charge is 2.45. The predicted octanol–water partition coefficient (Wildman–Crippen LogP) is 1.51. The van der Waals surface area contributed by atoms with Gasteiger partial charge in [-0.1, -0.05) is 0 Å². The number of aromatic nitrogens is 4. The van der Waals surface area contributed by atoms with E-state index in [1.807, 2.05) is 0 Å². The molecule has 4 rings (SSSR count). The van der Waals surface area contributed by atoms with Gasteiger partial charge in [0.1, 0.15) is 17.8 Å². The molecule has 9 nitrogen and oxygen atoms in total. The maximum absolute atomic E-state index is 13.0. The molecule has 3 unspecified atom stereocenters. The van der Waals surface area contributed by atoms with Gasteiger partial charge < -0.3 is 14.6 Å². The smallest absolute Gasteiger partial charge is 0.378 e. The quantitative estimate of drug-likeness (QED) is 0.743. The van der Waals surface area contributed by atoms with Gasteiger partial charge >= 0.3 is 6.18 Å². The molecule has 0 saturated carbocycles. The molecule has 4 heterocycles. The third kappa shape index (κ3) is 4.14. The molecular formula is C17H21F3N6O3S. The summed E-state index contributed by atoms with van der Waals surface area (Å²) in [6, 6.07) is 0.352. The first-order valence-electron chi connectivity index (χ1n) is 9.40. The van der Waals surface area contributed by atoms with Gasteiger partial charge in [-0.3, -0.25) is 0 Å². The van der Waals surface area contributed by atoms with E-state index in [2.05, 4.69) is 20.3 Å². The highest BCUT2D eigenvalue weighted by Crippen LogP contribution is 2.34. The van der Waals surface area contributed by atoms with Gasteiger partial charge in [0, 0.05) is 51.0 Å². The number of halogens is 3. The molecule has 30 heavy (non-hydrogen) atoms. The molecule has 164 valence electrons. The number of nitrogens with zero attached hydrogens (tertiary/aromatic N) is 5. The van der Waals surface area contributed by atoms with E-state index in [9.17, 15) is 21.6 Å². The van der Waals surface area contributed by atoms with Crippen LogP contribution in [0.3, 0.4) is 0 Å². The maximum Gasteiger partial charge on any atom is 0.433 e. The fourth-order valence-corrected chi connectivity index (χ4v) is 5.36. The average molecular weight is 446 g/mol. The summed E-state index contributed by atoms with van der Waals surface area (Å²) in [5.41, 5.74) is -1.07. The Hall–Kier alpha value is -2.25. The van der Waals surface area contributed by atoms with Crippen molar-refractivity contribution in [1.82, 2.24) is 23.8 Å². The van der Waals surface area contributed by atoms with Crippen molar-refractivity contribution >= 4 is 15.8 Å². The van der Waals surface area contributed by atoms with Crippen molar-refractivity contribution in [2.45, 2.75) is 36.2 Å². The van der Waals surface area contributed by atoms with Crippen LogP contribution in [-0.2, 0) is 28.0 Å². The van der Waals surface area contributed by atoms with Crippen LogP contribution >= 0.6 is 0 Å². The first-order valence-corrected chi connectivity index (χ1v) is 10.8. The van der Waals surface area contributed by atoms with Crippen LogP contribution in [0.25, 0.3) is 0 Å². The third-order valence-electron chi connectivity index (χ3n) is 5.35. The number of imidazole rings is 1. The summed E-state index contributed by atoms with van der Waals surface area (Å²) in [5, 5.41) is 2.91. The third-order valence-corrected chi connectivity index (χ3v) is 7.07. The molecule has 0 aliphatic carbocycles. The zero-order valence-electron chi connectivity index (χ0n) is 16.1. The minimum atomic E-state index is -4.60. The fraction of sp³-hybridized carbons (Fsp3) is 0.588. The van der Waals surface area contributed by atoms with Gasteiger partial charge in [-0.25, -0.2) is 23.4 Å². The summed E-state index contributed by atoms with van der Waals surface area (Å²) in [5.74, 6) is -0.252. The van der Waals surface area contributed by atoms with E-state index in [4.69, 9.17) is 4.74 Å². The topological polar surface area (TPSA) is 102 Å². The van der Waals surface area contributed by atoms with Crippen molar-refractivity contribution in [2.75, 3.05) is 25.0 Å². The Balaban J connectivity index is 1.59. The van der Waals surface area contributed by atoms with Crippen LogP contribution in [0, 0.1) is 5.92 Å². The Morgan fingerprint density at radius 2 is 2.03 bits per heavy atom. The van der Waals surface area contributed by atoms with E-state index < -0.39 is 27.9 Å². The molecule has 0 bridgehead atoms. The van der Waals surface area contributed by atoms with Gasteiger partial charge in [-0.15, -0.1) is 0 Å². The normalized spacial score (nSPS) is 25.7. The first kappa shape index (κ1) is 21.0. The summed E-state index contributed by atoms with van der Waals surface area (Å²) in [7, 11) is -2.17. The molecule has 13 heteroatoms. The molecular weight excluding hydrogens is 425 g/mol. The minimum Gasteiger partial charge on any atom is -0.378 e. The average Bonchev–Trinajstić information content (AvgIpc) is 3.41. The molecule has 2 fully saturated rings. The molecule has 2 saturated heterocycles. The van der Waals surface area contributed by atoms with Crippen LogP contribution in [0.15, 0.2) is 29.9 Å². The minimum absolute atomic E-state index is 0.0117. The number of rotatable bonds is 5. The lowest BCUT2D eigenvalue weighted by molar-refractivity contribution is -0.141. The standard InChI is InChI=1S/C17H21F3N6O3S/c1-25-8-16(23-10-25)30(27,28)26-6-11(13-3-2-4-29-13)12(7-26)24-15-5-14(17(18,19)20)21-9-22-15/h5,8-13H,2-4,6-7H2,1H3,(H,21,22,24). The molecule has 2 aromatic rings. The highest BCUT2D eigenvalue weighted by molar-refractivity contribution is 7.89. The molecule has 2 aliphatic rings. The van der Waals surface area contributed by atoms with E-state index in [0.29, 0.717) is 6.61 Å². The zero-order valence-corrected chi connectivity index (χ0v) is 16.9. The number of ether oxygens (including phenoxy) is 1. The SMILES string of the molecule is Cn1cnc(S(=O)(=O)N2CC(Nc3cc(C(F)(F)F)ncn3)C(C3CCCO3)C2)c1. The monoisotopic (exact) mass is 446 g/mol. The summed E-state index contributed by atoms with van der Waals surface area (Å²) in [6.45, 7) is 0.819. The molecule has 2 aromatic heterocycles. The summed E-state index contributed by atoms with van der Waals surface area (Å²) < 4.78 is 73.5. The van der Waals surface area contributed by atoms with Crippen molar-refractivity contribution in [3.05, 3.63) is 30.6 Å². The molecule has 0 spiro atoms. The molecule has 0 aromatic carbocycles. The lowest BCUT2D eigenvalue weighted by atomic mass is 9.95. The number of sulfonamides is 1. The number of nitrogens with one attached hydrogen (secondary N) is 1. The summed E-state index contributed by atoms with van der Waals surface area (Å²) >= 11 is 0. The van der Waals surface area contributed by atoms with E-state index in [-0.39, 0.29) is 36.0 Å². The van der Waals surface area contributed by atoms with Crippen LogP contribution in [-0.4, -0.2) is 64.1 Å². The summed E-state index contributed by atoms with van der Waals surface area (Å²) in [6.07, 6.45) is 0.480. The van der Waals surface area contributed by atoms with Crippen molar-refractivity contribution in [3.63, 3.8) is 0 Å². The van der Waals surface area contributed by atoms with Crippen molar-refractivity contribution in [1.29, 1.82) is 0 Å². The van der Waals surface area contributed by atoms with E-state index in [1.165, 1.54) is 21.4 Å². The Bertz CT molecular complexity index is 1010. The lowest BCUT2D eigenvalue weighted by Gasteiger charge is -2.25. The van der Waals surface area contributed by atoms with E-state index >= 15 is 0 Å². The van der Waals surface area contributed by atoms with E-state index in [0.717, 1.165) is 25.2 Å². The second kappa shape index (κ2) is 7.78. The van der Waals surface area contributed by atoms with Gasteiger partial charge in [-0.2, -0.15) is 17.5 Å². The molecule has 3 atom stereocenters. The van der Waals surface area contributed by atoms with Crippen LogP contribution in [0.4, 0.5) is 19.0 Å². The van der Waals surface area contributed by atoms with Crippen LogP contribution in [0.2, 0.25) is 0 Å². The predicted molar refractivity (Wildman–Crippen MR) is 98.9 cm³/mol. The van der Waals surface area contributed by atoms with Crippen LogP contribution in [0.5, 0.6) is 0 Å². The molecule has 1 N–H and O–H groups in total. The number of aryl methyl sites for hydroxylation is 1. The Morgan fingerprint density at radius 3 is 2.67 bits per heavy atom. The van der Waals surface area contributed by atoms with Gasteiger partial charge in [-0.05, 0) is 12.8 Å². The zero-order chi connectivity index (χ0) is 21.5. The Labute approximate surface area is 171 Å². The van der Waals surface area contributed by atoms with E-state index in [1.54, 1.807) is 7.05 Å². The first-order chi connectivity index (χ1) is 14.1. The highest BCUT2D eigenvalue weighted by atomic mass is 32.2. The molecule has 0 amide bonds. The second-order valence-corrected chi connectivity index (χ2v) is 9.34. The second-order valence-electron chi connectivity index (χ2n) is 7.45. The van der Waals surface area contributed by atoms with Gasteiger partial charge in [0.05, 0.1) is 12.4 Å². The van der Waals surface area contributed by atoms with Crippen LogP contribution in [0.1, 0.15) is 18.5 Å². The van der Waals surface area contributed by atoms with Gasteiger partial charge in [0.25, 0.3) is 10.0 Å². The number of hydrogen-bond acceptors (Lipinski definition) is 7. The van der Waals surface area contributed by atoms with Crippen molar-refractivity contribution in [3.8, 4) is 0 Å². The molecule has 2 aliphatic heterocycles. The van der Waals surface area contributed by atoms with Gasteiger partial charge in [0.15, 0.2) is 5.03 Å². The van der Waals surface area contributed by atoms with Crippen LogP contribution < -0.4 is 5.32 Å². The lowest BCUT2D eigenvalue weighted by Crippen LogP contribution is -2.36. The fourth-order valence-electron chi connectivity index (χ4n) is 3.89. The van der Waals surface area contributed by atoms with Crippen molar-refractivity contribution < 1.29 is 26.3 Å². The Morgan fingerprint density at radius 1 is 1.23 bits per heavy atom.